The van der Waals surface area contributed by atoms with Gasteiger partial charge in [0.2, 0.25) is 0 Å². The Hall–Kier alpha value is -0.300. The second-order valence-electron chi connectivity index (χ2n) is 7.01. The molecule has 2 rings (SSSR count). The van der Waals surface area contributed by atoms with E-state index < -0.39 is 0 Å². The molecular weight excluding hydrogens is 242 g/mol. The molecular formula is C19H35N. The van der Waals surface area contributed by atoms with Crippen molar-refractivity contribution in [1.82, 2.24) is 5.32 Å². The van der Waals surface area contributed by atoms with Gasteiger partial charge in [-0.2, -0.15) is 0 Å². The fourth-order valence-electron chi connectivity index (χ4n) is 4.23. The summed E-state index contributed by atoms with van der Waals surface area (Å²) in [5.74, 6) is 1.90. The molecule has 0 aromatic rings. The largest absolute Gasteiger partial charge is 0.310 e. The lowest BCUT2D eigenvalue weighted by Crippen LogP contribution is -2.40. The van der Waals surface area contributed by atoms with Crippen molar-refractivity contribution in [3.63, 3.8) is 0 Å². The first-order valence-corrected chi connectivity index (χ1v) is 9.27. The predicted octanol–water partition coefficient (Wildman–Crippen LogP) is 5.46. The highest BCUT2D eigenvalue weighted by Gasteiger charge is 2.29. The molecule has 0 bridgehead atoms. The Morgan fingerprint density at radius 2 is 2.05 bits per heavy atom. The van der Waals surface area contributed by atoms with E-state index in [-0.39, 0.29) is 0 Å². The highest BCUT2D eigenvalue weighted by molar-refractivity contribution is 5.14. The monoisotopic (exact) mass is 277 g/mol. The molecule has 0 radical (unpaired) electrons. The molecule has 2 aliphatic rings. The van der Waals surface area contributed by atoms with Crippen molar-refractivity contribution in [2.24, 2.45) is 11.8 Å². The highest BCUT2D eigenvalue weighted by atomic mass is 14.9. The van der Waals surface area contributed by atoms with Gasteiger partial charge in [0.1, 0.15) is 0 Å². The minimum Gasteiger partial charge on any atom is -0.310 e. The smallest absolute Gasteiger partial charge is 0.0307 e. The van der Waals surface area contributed by atoms with Crippen LogP contribution in [0, 0.1) is 11.8 Å². The zero-order valence-electron chi connectivity index (χ0n) is 13.8. The summed E-state index contributed by atoms with van der Waals surface area (Å²) in [6.07, 6.45) is 18.0. The third kappa shape index (κ3) is 4.62. The Labute approximate surface area is 126 Å². The standard InChI is InChI=1S/C19H35N/c1-3-14-20-19(17-11-7-5-6-8-12-17)18-13-9-10-16(4-2)15-18/h11,16,18-20H,3-10,12-15H2,1-2H3. The van der Waals surface area contributed by atoms with Crippen LogP contribution >= 0.6 is 0 Å². The van der Waals surface area contributed by atoms with Crippen LogP contribution in [0.3, 0.4) is 0 Å². The third-order valence-electron chi connectivity index (χ3n) is 5.46. The van der Waals surface area contributed by atoms with Crippen LogP contribution in [0.25, 0.3) is 0 Å². The molecule has 0 aromatic heterocycles. The van der Waals surface area contributed by atoms with Gasteiger partial charge >= 0.3 is 0 Å². The molecule has 3 atom stereocenters. The van der Waals surface area contributed by atoms with E-state index in [0.717, 1.165) is 11.8 Å². The summed E-state index contributed by atoms with van der Waals surface area (Å²) in [5, 5.41) is 3.91. The van der Waals surface area contributed by atoms with E-state index in [1.54, 1.807) is 5.57 Å². The predicted molar refractivity (Wildman–Crippen MR) is 89.0 cm³/mol. The Kier molecular flexibility index (Phi) is 7.13. The first-order valence-electron chi connectivity index (χ1n) is 9.27. The summed E-state index contributed by atoms with van der Waals surface area (Å²) in [6, 6.07) is 0.697. The average molecular weight is 277 g/mol. The quantitative estimate of drug-likeness (QED) is 0.635. The number of allylic oxidation sites excluding steroid dienone is 1. The Morgan fingerprint density at radius 1 is 1.15 bits per heavy atom. The van der Waals surface area contributed by atoms with Gasteiger partial charge in [0.25, 0.3) is 0 Å². The van der Waals surface area contributed by atoms with Gasteiger partial charge in [-0.15, -0.1) is 0 Å². The van der Waals surface area contributed by atoms with Gasteiger partial charge in [-0.3, -0.25) is 0 Å². The van der Waals surface area contributed by atoms with Crippen molar-refractivity contribution in [2.45, 2.75) is 90.5 Å². The SMILES string of the molecule is CCCNC(C1=CCCCCC1)C1CCCC(CC)C1. The fourth-order valence-corrected chi connectivity index (χ4v) is 4.23. The van der Waals surface area contributed by atoms with E-state index >= 15 is 0 Å². The zero-order chi connectivity index (χ0) is 14.2. The fraction of sp³-hybridized carbons (Fsp3) is 0.895. The molecule has 3 unspecified atom stereocenters. The lowest BCUT2D eigenvalue weighted by molar-refractivity contribution is 0.221. The van der Waals surface area contributed by atoms with Crippen LogP contribution in [0.5, 0.6) is 0 Å². The van der Waals surface area contributed by atoms with Crippen molar-refractivity contribution < 1.29 is 0 Å². The van der Waals surface area contributed by atoms with Crippen LogP contribution in [0.4, 0.5) is 0 Å². The molecule has 0 heterocycles. The summed E-state index contributed by atoms with van der Waals surface area (Å²) in [4.78, 5) is 0. The van der Waals surface area contributed by atoms with E-state index in [4.69, 9.17) is 0 Å². The summed E-state index contributed by atoms with van der Waals surface area (Å²) in [7, 11) is 0. The van der Waals surface area contributed by atoms with Crippen molar-refractivity contribution in [2.75, 3.05) is 6.54 Å². The number of rotatable bonds is 6. The minimum atomic E-state index is 0.697. The van der Waals surface area contributed by atoms with E-state index in [0.29, 0.717) is 6.04 Å². The maximum atomic E-state index is 3.91. The molecule has 2 aliphatic carbocycles. The summed E-state index contributed by atoms with van der Waals surface area (Å²) in [5.41, 5.74) is 1.76. The van der Waals surface area contributed by atoms with Gasteiger partial charge in [-0.05, 0) is 63.3 Å². The first kappa shape index (κ1) is 16.1. The van der Waals surface area contributed by atoms with Gasteiger partial charge in [0.15, 0.2) is 0 Å². The topological polar surface area (TPSA) is 12.0 Å². The van der Waals surface area contributed by atoms with E-state index in [9.17, 15) is 0 Å². The van der Waals surface area contributed by atoms with Gasteiger partial charge in [-0.25, -0.2) is 0 Å². The van der Waals surface area contributed by atoms with Crippen molar-refractivity contribution in [3.8, 4) is 0 Å². The highest BCUT2D eigenvalue weighted by Crippen LogP contribution is 2.36. The second kappa shape index (κ2) is 8.87. The van der Waals surface area contributed by atoms with Crippen LogP contribution in [-0.2, 0) is 0 Å². The van der Waals surface area contributed by atoms with Crippen LogP contribution < -0.4 is 5.32 Å². The molecule has 1 saturated carbocycles. The number of nitrogens with one attached hydrogen (secondary N) is 1. The first-order chi connectivity index (χ1) is 9.85. The molecule has 20 heavy (non-hydrogen) atoms. The molecule has 0 amide bonds. The summed E-state index contributed by atoms with van der Waals surface area (Å²) in [6.45, 7) is 5.86. The normalized spacial score (nSPS) is 29.6. The van der Waals surface area contributed by atoms with E-state index in [1.807, 2.05) is 0 Å². The van der Waals surface area contributed by atoms with Crippen molar-refractivity contribution in [1.29, 1.82) is 0 Å². The molecule has 0 spiro atoms. The van der Waals surface area contributed by atoms with Crippen LogP contribution in [-0.4, -0.2) is 12.6 Å². The van der Waals surface area contributed by atoms with Gasteiger partial charge in [0, 0.05) is 6.04 Å². The van der Waals surface area contributed by atoms with Crippen LogP contribution in [0.15, 0.2) is 11.6 Å². The Bertz CT molecular complexity index is 294. The average Bonchev–Trinajstić information content (AvgIpc) is 2.77. The number of hydrogen-bond acceptors (Lipinski definition) is 1. The molecule has 116 valence electrons. The second-order valence-corrected chi connectivity index (χ2v) is 7.01. The molecule has 1 fully saturated rings. The van der Waals surface area contributed by atoms with E-state index in [1.165, 1.54) is 77.2 Å². The molecule has 1 heteroatoms. The van der Waals surface area contributed by atoms with Crippen molar-refractivity contribution >= 4 is 0 Å². The Morgan fingerprint density at radius 3 is 2.85 bits per heavy atom. The van der Waals surface area contributed by atoms with Crippen molar-refractivity contribution in [3.05, 3.63) is 11.6 Å². The maximum Gasteiger partial charge on any atom is 0.0307 e. The number of hydrogen-bond donors (Lipinski definition) is 1. The Balaban J connectivity index is 2.03. The molecule has 1 nitrogen and oxygen atoms in total. The van der Waals surface area contributed by atoms with Gasteiger partial charge < -0.3 is 5.32 Å². The molecule has 0 aromatic carbocycles. The lowest BCUT2D eigenvalue weighted by Gasteiger charge is -2.36. The molecule has 1 N–H and O–H groups in total. The zero-order valence-corrected chi connectivity index (χ0v) is 13.8. The minimum absolute atomic E-state index is 0.697. The molecule has 0 aliphatic heterocycles. The summed E-state index contributed by atoms with van der Waals surface area (Å²) < 4.78 is 0. The van der Waals surface area contributed by atoms with E-state index in [2.05, 4.69) is 25.2 Å². The molecule has 0 saturated heterocycles. The third-order valence-corrected chi connectivity index (χ3v) is 5.46. The van der Waals surface area contributed by atoms with Gasteiger partial charge in [0.05, 0.1) is 0 Å². The maximum absolute atomic E-state index is 3.91. The lowest BCUT2D eigenvalue weighted by atomic mass is 9.74. The van der Waals surface area contributed by atoms with Crippen LogP contribution in [0.1, 0.15) is 84.5 Å². The van der Waals surface area contributed by atoms with Crippen LogP contribution in [0.2, 0.25) is 0 Å². The summed E-state index contributed by atoms with van der Waals surface area (Å²) >= 11 is 0. The van der Waals surface area contributed by atoms with Gasteiger partial charge in [-0.1, -0.05) is 51.2 Å².